The van der Waals surface area contributed by atoms with Crippen LogP contribution in [0.4, 0.5) is 0 Å². The van der Waals surface area contributed by atoms with Gasteiger partial charge in [-0.15, -0.1) is 0 Å². The van der Waals surface area contributed by atoms with Crippen LogP contribution in [0, 0.1) is 11.8 Å². The maximum atomic E-state index is 13.0. The summed E-state index contributed by atoms with van der Waals surface area (Å²) in [5, 5.41) is 23.1. The first-order valence-corrected chi connectivity index (χ1v) is 20.0. The smallest absolute Gasteiger partial charge is 0.276 e. The van der Waals surface area contributed by atoms with Gasteiger partial charge >= 0.3 is 0 Å². The van der Waals surface area contributed by atoms with Crippen LogP contribution in [-0.2, 0) is 9.59 Å². The Morgan fingerprint density at radius 3 is 1.15 bits per heavy atom. The second kappa shape index (κ2) is 19.5. The van der Waals surface area contributed by atoms with E-state index in [2.05, 4.69) is 10.9 Å². The van der Waals surface area contributed by atoms with Gasteiger partial charge in [0.25, 0.3) is 23.6 Å². The quantitative estimate of drug-likeness (QED) is 0.156. The fourth-order valence-electron chi connectivity index (χ4n) is 8.06. The Balaban J connectivity index is 0.000000208. The molecule has 4 atom stereocenters. The third kappa shape index (κ3) is 9.39. The van der Waals surface area contributed by atoms with Crippen LogP contribution in [0.1, 0.15) is 158 Å². The van der Waals surface area contributed by atoms with Crippen molar-refractivity contribution in [1.29, 1.82) is 0 Å². The molecule has 0 aromatic heterocycles. The highest BCUT2D eigenvalue weighted by Gasteiger charge is 2.41. The van der Waals surface area contributed by atoms with Crippen molar-refractivity contribution in [3.63, 3.8) is 0 Å². The molecular formula is C42H56N4O8. The van der Waals surface area contributed by atoms with Gasteiger partial charge in [0.15, 0.2) is 11.6 Å². The summed E-state index contributed by atoms with van der Waals surface area (Å²) in [7, 11) is 0. The number of hydrazine groups is 2. The number of imide groups is 2. The molecule has 0 bridgehead atoms. The number of nitrogens with zero attached hydrogens (tertiary/aromatic N) is 2. The van der Waals surface area contributed by atoms with Crippen LogP contribution in [0.3, 0.4) is 0 Å². The average Bonchev–Trinajstić information content (AvgIpc) is 3.60. The molecule has 54 heavy (non-hydrogen) atoms. The second-order valence-electron chi connectivity index (χ2n) is 15.1. The lowest BCUT2D eigenvalue weighted by Gasteiger charge is -2.30. The standard InChI is InChI=1S/2C21H28N2O4/c2*1-2-3-13-17(19(25)18(24)14-9-5-4-6-10-14)22-23-20(26)15-11-7-8-12-16(15)21(23)27/h2*7-8,11-12,14,17-18,22,24H,2-6,9-10,13H2,1H3/t2*17-,18+/m00/s1. The molecular weight excluding hydrogens is 688 g/mol. The highest BCUT2D eigenvalue weighted by atomic mass is 16.3. The van der Waals surface area contributed by atoms with Crippen LogP contribution in [0.2, 0.25) is 0 Å². The molecule has 0 saturated heterocycles. The van der Waals surface area contributed by atoms with Crippen LogP contribution in [0.25, 0.3) is 0 Å². The molecule has 6 rings (SSSR count). The molecule has 0 radical (unpaired) electrons. The van der Waals surface area contributed by atoms with E-state index < -0.39 is 47.9 Å². The SMILES string of the molecule is CCCC[C@H](NN1C(=O)c2ccccc2C1=O)C(=O)[C@H](O)C1CCCCC1.CCCC[C@H](NN1C(=O)c2ccccc2C1=O)C(=O)[C@H](O)C1CCCCC1. The molecule has 0 spiro atoms. The number of hydrogen-bond donors (Lipinski definition) is 4. The number of benzene rings is 2. The van der Waals surface area contributed by atoms with E-state index in [0.29, 0.717) is 35.1 Å². The molecule has 2 heterocycles. The Bertz CT molecular complexity index is 1480. The molecule has 12 heteroatoms. The Kier molecular flexibility index (Phi) is 14.8. The molecule has 2 fully saturated rings. The molecule has 2 aromatic carbocycles. The first kappa shape index (κ1) is 41.1. The Morgan fingerprint density at radius 2 is 0.870 bits per heavy atom. The van der Waals surface area contributed by atoms with E-state index in [1.807, 2.05) is 13.8 Å². The predicted octanol–water partition coefficient (Wildman–Crippen LogP) is 5.71. The lowest BCUT2D eigenvalue weighted by atomic mass is 9.82. The molecule has 0 unspecified atom stereocenters. The molecule has 292 valence electrons. The number of nitrogens with one attached hydrogen (secondary N) is 2. The predicted molar refractivity (Wildman–Crippen MR) is 202 cm³/mol. The number of fused-ring (bicyclic) bond motifs is 2. The average molecular weight is 745 g/mol. The molecule has 4 N–H and O–H groups in total. The number of rotatable bonds is 16. The highest BCUT2D eigenvalue weighted by Crippen LogP contribution is 2.30. The van der Waals surface area contributed by atoms with Crippen LogP contribution in [0.5, 0.6) is 0 Å². The fraction of sp³-hybridized carbons (Fsp3) is 0.571. The lowest BCUT2D eigenvalue weighted by Crippen LogP contribution is -2.54. The minimum absolute atomic E-state index is 0.0284. The van der Waals surface area contributed by atoms with Gasteiger partial charge in [0.1, 0.15) is 12.2 Å². The topological polar surface area (TPSA) is 173 Å². The largest absolute Gasteiger partial charge is 0.385 e. The number of amides is 4. The van der Waals surface area contributed by atoms with Gasteiger partial charge in [-0.1, -0.05) is 102 Å². The van der Waals surface area contributed by atoms with E-state index in [0.717, 1.165) is 99.9 Å². The number of aliphatic hydroxyl groups excluding tert-OH is 2. The number of ketones is 2. The Morgan fingerprint density at radius 1 is 0.574 bits per heavy atom. The molecule has 12 nitrogen and oxygen atoms in total. The van der Waals surface area contributed by atoms with E-state index in [1.54, 1.807) is 48.5 Å². The van der Waals surface area contributed by atoms with Gasteiger partial charge in [-0.2, -0.15) is 0 Å². The van der Waals surface area contributed by atoms with Crippen LogP contribution >= 0.6 is 0 Å². The summed E-state index contributed by atoms with van der Waals surface area (Å²) < 4.78 is 0. The monoisotopic (exact) mass is 744 g/mol. The molecule has 2 saturated carbocycles. The van der Waals surface area contributed by atoms with E-state index in [1.165, 1.54) is 0 Å². The summed E-state index contributed by atoms with van der Waals surface area (Å²) >= 11 is 0. The Hall–Kier alpha value is -4.10. The van der Waals surface area contributed by atoms with Gasteiger partial charge in [0.2, 0.25) is 0 Å². The van der Waals surface area contributed by atoms with Gasteiger partial charge in [0.05, 0.1) is 34.3 Å². The maximum absolute atomic E-state index is 13.0. The van der Waals surface area contributed by atoms with E-state index >= 15 is 0 Å². The molecule has 4 amide bonds. The number of carbonyl (C=O) groups excluding carboxylic acids is 6. The molecule has 2 aliphatic heterocycles. The first-order valence-electron chi connectivity index (χ1n) is 20.0. The van der Waals surface area contributed by atoms with Crippen molar-refractivity contribution in [2.24, 2.45) is 11.8 Å². The van der Waals surface area contributed by atoms with E-state index in [-0.39, 0.29) is 23.4 Å². The number of Topliss-reactive ketones (excluding diaryl/α,β-unsaturated/α-hetero) is 2. The first-order chi connectivity index (χ1) is 26.1. The van der Waals surface area contributed by atoms with Crippen molar-refractivity contribution in [2.75, 3.05) is 0 Å². The zero-order valence-corrected chi connectivity index (χ0v) is 31.6. The minimum Gasteiger partial charge on any atom is -0.385 e. The summed E-state index contributed by atoms with van der Waals surface area (Å²) in [6, 6.07) is 11.8. The molecule has 2 aromatic rings. The number of unbranched alkanes of at least 4 members (excludes halogenated alkanes) is 2. The van der Waals surface area contributed by atoms with Crippen LogP contribution in [0.15, 0.2) is 48.5 Å². The zero-order chi connectivity index (χ0) is 38.8. The van der Waals surface area contributed by atoms with Gasteiger partial charge in [0, 0.05) is 0 Å². The third-order valence-electron chi connectivity index (χ3n) is 11.3. The summed E-state index contributed by atoms with van der Waals surface area (Å²) in [5.41, 5.74) is 7.03. The molecule has 4 aliphatic rings. The van der Waals surface area contributed by atoms with E-state index in [9.17, 15) is 39.0 Å². The maximum Gasteiger partial charge on any atom is 0.276 e. The summed E-state index contributed by atoms with van der Waals surface area (Å²) in [6.07, 6.45) is 12.0. The second-order valence-corrected chi connectivity index (χ2v) is 15.1. The lowest BCUT2D eigenvalue weighted by molar-refractivity contribution is -0.134. The van der Waals surface area contributed by atoms with Crippen LogP contribution < -0.4 is 10.9 Å². The number of hydrogen-bond acceptors (Lipinski definition) is 10. The van der Waals surface area contributed by atoms with E-state index in [4.69, 9.17) is 0 Å². The fourth-order valence-corrected chi connectivity index (χ4v) is 8.06. The number of aliphatic hydroxyl groups is 2. The minimum atomic E-state index is -1.05. The summed E-state index contributed by atoms with van der Waals surface area (Å²) in [4.78, 5) is 76.2. The zero-order valence-electron chi connectivity index (χ0n) is 31.6. The van der Waals surface area contributed by atoms with Gasteiger partial charge < -0.3 is 10.2 Å². The van der Waals surface area contributed by atoms with Crippen molar-refractivity contribution in [1.82, 2.24) is 20.9 Å². The van der Waals surface area contributed by atoms with Crippen molar-refractivity contribution in [3.05, 3.63) is 70.8 Å². The van der Waals surface area contributed by atoms with Crippen LogP contribution in [-0.4, -0.2) is 79.7 Å². The third-order valence-corrected chi connectivity index (χ3v) is 11.3. The number of carbonyl (C=O) groups is 6. The van der Waals surface area contributed by atoms with Gasteiger partial charge in [-0.25, -0.2) is 20.9 Å². The van der Waals surface area contributed by atoms with Crippen molar-refractivity contribution in [2.45, 2.75) is 141 Å². The van der Waals surface area contributed by atoms with Gasteiger partial charge in [-0.3, -0.25) is 28.8 Å². The summed E-state index contributed by atoms with van der Waals surface area (Å²) in [6.45, 7) is 4.03. The Labute approximate surface area is 318 Å². The molecule has 2 aliphatic carbocycles. The van der Waals surface area contributed by atoms with Crippen molar-refractivity contribution >= 4 is 35.2 Å². The summed E-state index contributed by atoms with van der Waals surface area (Å²) in [5.74, 6) is -2.47. The van der Waals surface area contributed by atoms with Gasteiger partial charge in [-0.05, 0) is 74.6 Å². The van der Waals surface area contributed by atoms with Crippen molar-refractivity contribution < 1.29 is 39.0 Å². The normalized spacial score (nSPS) is 19.9. The highest BCUT2D eigenvalue weighted by molar-refractivity contribution is 6.21. The van der Waals surface area contributed by atoms with Crippen molar-refractivity contribution in [3.8, 4) is 0 Å².